The van der Waals surface area contributed by atoms with Gasteiger partial charge in [-0.15, -0.1) is 0 Å². The van der Waals surface area contributed by atoms with Crippen LogP contribution in [0, 0.1) is 0 Å². The lowest BCUT2D eigenvalue weighted by atomic mass is 10.1. The Kier molecular flexibility index (Phi) is 3.53. The van der Waals surface area contributed by atoms with Crippen LogP contribution in [-0.4, -0.2) is 33.0 Å². The number of fused-ring (bicyclic) bond motifs is 2. The maximum atomic E-state index is 12.5. The van der Waals surface area contributed by atoms with E-state index in [1.807, 2.05) is 0 Å². The van der Waals surface area contributed by atoms with E-state index in [1.54, 1.807) is 6.92 Å². The van der Waals surface area contributed by atoms with Gasteiger partial charge in [-0.3, -0.25) is 9.20 Å². The molecule has 0 aliphatic heterocycles. The van der Waals surface area contributed by atoms with Crippen molar-refractivity contribution in [3.8, 4) is 0 Å². The van der Waals surface area contributed by atoms with Crippen LogP contribution in [0.4, 0.5) is 0 Å². The molecule has 0 saturated heterocycles. The Morgan fingerprint density at radius 2 is 1.96 bits per heavy atom. The van der Waals surface area contributed by atoms with Gasteiger partial charge >= 0.3 is 11.9 Å². The predicted octanol–water partition coefficient (Wildman–Crippen LogP) is 1.72. The molecule has 0 amide bonds. The molecule has 0 saturated carbocycles. The molecule has 0 aliphatic rings. The summed E-state index contributed by atoms with van der Waals surface area (Å²) < 4.78 is 6.10. The molecular formula is C16H12N2O5. The number of pyridine rings is 1. The minimum atomic E-state index is -1.13. The Labute approximate surface area is 129 Å². The zero-order valence-electron chi connectivity index (χ0n) is 12.1. The van der Waals surface area contributed by atoms with E-state index in [0.29, 0.717) is 16.7 Å². The molecule has 116 valence electrons. The lowest BCUT2D eigenvalue weighted by Gasteiger charge is -2.06. The molecule has 7 nitrogen and oxygen atoms in total. The van der Waals surface area contributed by atoms with Gasteiger partial charge in [0.15, 0.2) is 0 Å². The SMILES string of the molecule is CCOC(=O)c1ccc2c(=O)n3cc(C(=O)O)ccc3nc2c1. The van der Waals surface area contributed by atoms with Gasteiger partial charge in [0.1, 0.15) is 5.65 Å². The van der Waals surface area contributed by atoms with Crippen molar-refractivity contribution in [1.29, 1.82) is 0 Å². The van der Waals surface area contributed by atoms with Gasteiger partial charge in [0.05, 0.1) is 28.6 Å². The first kappa shape index (κ1) is 14.7. The summed E-state index contributed by atoms with van der Waals surface area (Å²) >= 11 is 0. The second-order valence-electron chi connectivity index (χ2n) is 4.82. The lowest BCUT2D eigenvalue weighted by Crippen LogP contribution is -2.17. The Morgan fingerprint density at radius 3 is 2.65 bits per heavy atom. The zero-order valence-corrected chi connectivity index (χ0v) is 12.1. The summed E-state index contributed by atoms with van der Waals surface area (Å²) in [6, 6.07) is 7.26. The Balaban J connectivity index is 2.25. The van der Waals surface area contributed by atoms with Crippen molar-refractivity contribution in [2.75, 3.05) is 6.61 Å². The molecule has 7 heteroatoms. The summed E-state index contributed by atoms with van der Waals surface area (Å²) in [4.78, 5) is 39.6. The number of hydrogen-bond acceptors (Lipinski definition) is 5. The summed E-state index contributed by atoms with van der Waals surface area (Å²) in [5, 5.41) is 9.30. The third-order valence-electron chi connectivity index (χ3n) is 3.37. The van der Waals surface area contributed by atoms with E-state index < -0.39 is 17.5 Å². The van der Waals surface area contributed by atoms with Gasteiger partial charge in [-0.25, -0.2) is 14.6 Å². The van der Waals surface area contributed by atoms with Gasteiger partial charge in [0.25, 0.3) is 5.56 Å². The fraction of sp³-hybridized carbons (Fsp3) is 0.125. The highest BCUT2D eigenvalue weighted by Crippen LogP contribution is 2.14. The number of aromatic carboxylic acids is 1. The maximum absolute atomic E-state index is 12.5. The molecule has 0 aliphatic carbocycles. The zero-order chi connectivity index (χ0) is 16.6. The first-order valence-electron chi connectivity index (χ1n) is 6.88. The first-order chi connectivity index (χ1) is 11.0. The highest BCUT2D eigenvalue weighted by molar-refractivity contribution is 5.94. The second kappa shape index (κ2) is 5.53. The largest absolute Gasteiger partial charge is 0.478 e. The molecule has 0 bridgehead atoms. The maximum Gasteiger partial charge on any atom is 0.338 e. The fourth-order valence-electron chi connectivity index (χ4n) is 2.27. The number of aromatic nitrogens is 2. The van der Waals surface area contributed by atoms with E-state index in [-0.39, 0.29) is 17.6 Å². The number of benzene rings is 1. The van der Waals surface area contributed by atoms with Crippen LogP contribution in [0.15, 0.2) is 41.3 Å². The highest BCUT2D eigenvalue weighted by Gasteiger charge is 2.12. The highest BCUT2D eigenvalue weighted by atomic mass is 16.5. The average Bonchev–Trinajstić information content (AvgIpc) is 2.54. The third-order valence-corrected chi connectivity index (χ3v) is 3.37. The van der Waals surface area contributed by atoms with Crippen LogP contribution < -0.4 is 5.56 Å². The van der Waals surface area contributed by atoms with Gasteiger partial charge in [-0.1, -0.05) is 0 Å². The molecule has 1 aromatic carbocycles. The minimum absolute atomic E-state index is 0.0103. The number of carbonyl (C=O) groups excluding carboxylic acids is 1. The van der Waals surface area contributed by atoms with Crippen molar-refractivity contribution in [2.45, 2.75) is 6.92 Å². The molecule has 0 fully saturated rings. The van der Waals surface area contributed by atoms with Crippen molar-refractivity contribution in [3.63, 3.8) is 0 Å². The van der Waals surface area contributed by atoms with Crippen LogP contribution in [0.5, 0.6) is 0 Å². The molecule has 3 rings (SSSR count). The summed E-state index contributed by atoms with van der Waals surface area (Å²) in [6.45, 7) is 1.96. The van der Waals surface area contributed by atoms with Gasteiger partial charge in [0.2, 0.25) is 0 Å². The number of carboxylic acids is 1. The van der Waals surface area contributed by atoms with E-state index in [9.17, 15) is 14.4 Å². The molecule has 0 unspecified atom stereocenters. The topological polar surface area (TPSA) is 98.0 Å². The van der Waals surface area contributed by atoms with Crippen LogP contribution in [0.3, 0.4) is 0 Å². The van der Waals surface area contributed by atoms with Crippen molar-refractivity contribution < 1.29 is 19.4 Å². The van der Waals surface area contributed by atoms with Gasteiger partial charge in [-0.2, -0.15) is 0 Å². The van der Waals surface area contributed by atoms with Crippen molar-refractivity contribution >= 4 is 28.5 Å². The predicted molar refractivity (Wildman–Crippen MR) is 81.9 cm³/mol. The van der Waals surface area contributed by atoms with E-state index in [1.165, 1.54) is 40.9 Å². The minimum Gasteiger partial charge on any atom is -0.478 e. The number of ether oxygens (including phenoxy) is 1. The lowest BCUT2D eigenvalue weighted by molar-refractivity contribution is 0.0526. The molecule has 0 atom stereocenters. The van der Waals surface area contributed by atoms with Crippen molar-refractivity contribution in [3.05, 3.63) is 58.0 Å². The number of nitrogens with zero attached hydrogens (tertiary/aromatic N) is 2. The number of hydrogen-bond donors (Lipinski definition) is 1. The Morgan fingerprint density at radius 1 is 1.22 bits per heavy atom. The Bertz CT molecular complexity index is 1010. The van der Waals surface area contributed by atoms with Crippen LogP contribution in [0.1, 0.15) is 27.6 Å². The van der Waals surface area contributed by atoms with E-state index >= 15 is 0 Å². The van der Waals surface area contributed by atoms with Crippen molar-refractivity contribution in [2.24, 2.45) is 0 Å². The fourth-order valence-corrected chi connectivity index (χ4v) is 2.27. The van der Waals surface area contributed by atoms with E-state index in [2.05, 4.69) is 4.98 Å². The van der Waals surface area contributed by atoms with Crippen LogP contribution in [-0.2, 0) is 4.74 Å². The molecule has 1 N–H and O–H groups in total. The smallest absolute Gasteiger partial charge is 0.338 e. The van der Waals surface area contributed by atoms with Gasteiger partial charge < -0.3 is 9.84 Å². The van der Waals surface area contributed by atoms with Crippen LogP contribution >= 0.6 is 0 Å². The standard InChI is InChI=1S/C16H12N2O5/c1-2-23-16(22)9-3-5-11-12(7-9)17-13-6-4-10(15(20)21)8-18(13)14(11)19/h3-8H,2H2,1H3,(H,20,21). The summed E-state index contributed by atoms with van der Waals surface area (Å²) in [5.74, 6) is -1.62. The molecule has 0 radical (unpaired) electrons. The van der Waals surface area contributed by atoms with Crippen LogP contribution in [0.25, 0.3) is 16.6 Å². The number of rotatable bonds is 3. The van der Waals surface area contributed by atoms with Gasteiger partial charge in [0, 0.05) is 6.20 Å². The second-order valence-corrected chi connectivity index (χ2v) is 4.82. The van der Waals surface area contributed by atoms with E-state index in [0.717, 1.165) is 0 Å². The summed E-state index contributed by atoms with van der Waals surface area (Å²) in [5.41, 5.74) is 0.544. The molecule has 3 aromatic rings. The molecule has 2 heterocycles. The van der Waals surface area contributed by atoms with Crippen molar-refractivity contribution in [1.82, 2.24) is 9.38 Å². The summed E-state index contributed by atoms with van der Waals surface area (Å²) in [6.07, 6.45) is 1.23. The number of carbonyl (C=O) groups is 2. The quantitative estimate of drug-likeness (QED) is 0.584. The third kappa shape index (κ3) is 2.52. The summed E-state index contributed by atoms with van der Waals surface area (Å²) in [7, 11) is 0. The molecule has 0 spiro atoms. The monoisotopic (exact) mass is 312 g/mol. The molecule has 23 heavy (non-hydrogen) atoms. The molecule has 2 aromatic heterocycles. The molecular weight excluding hydrogens is 300 g/mol. The van der Waals surface area contributed by atoms with E-state index in [4.69, 9.17) is 9.84 Å². The van der Waals surface area contributed by atoms with Crippen LogP contribution in [0.2, 0.25) is 0 Å². The Hall–Kier alpha value is -3.22. The average molecular weight is 312 g/mol. The number of carboxylic acid groups (broad SMARTS) is 1. The first-order valence-corrected chi connectivity index (χ1v) is 6.88. The normalized spacial score (nSPS) is 10.8. The number of esters is 1. The van der Waals surface area contributed by atoms with Gasteiger partial charge in [-0.05, 0) is 37.3 Å².